The lowest BCUT2D eigenvalue weighted by Crippen LogP contribution is -2.64. The first-order valence-electron chi connectivity index (χ1n) is 11.1. The second-order valence-electron chi connectivity index (χ2n) is 8.85. The number of methoxy groups -OCH3 is 2. The van der Waals surface area contributed by atoms with Crippen LogP contribution in [-0.4, -0.2) is 66.8 Å². The Morgan fingerprint density at radius 2 is 1.83 bits per heavy atom. The number of rotatable bonds is 5. The Labute approximate surface area is 173 Å². The molecule has 3 heterocycles. The van der Waals surface area contributed by atoms with Crippen LogP contribution in [0.4, 0.5) is 0 Å². The number of phenolic OH excluding ortho intramolecular Hbond substituents is 1. The number of likely N-dealkylation sites (tertiary alicyclic amines) is 1. The van der Waals surface area contributed by atoms with Crippen LogP contribution in [0, 0.1) is 11.8 Å². The van der Waals surface area contributed by atoms with E-state index < -0.39 is 0 Å². The molecule has 1 aromatic rings. The number of amides is 1. The molecular weight excluding hydrogens is 368 g/mol. The van der Waals surface area contributed by atoms with Crippen molar-refractivity contribution in [3.05, 3.63) is 17.7 Å². The smallest absolute Gasteiger partial charge is 0.254 e. The molecule has 0 unspecified atom stereocenters. The number of carbonyl (C=O) groups is 1. The summed E-state index contributed by atoms with van der Waals surface area (Å²) >= 11 is 0. The molecule has 3 saturated heterocycles. The average molecular weight is 403 g/mol. The molecular formula is C23H34N2O4. The Balaban J connectivity index is 1.60. The molecule has 160 valence electrons. The predicted molar refractivity (Wildman–Crippen MR) is 112 cm³/mol. The summed E-state index contributed by atoms with van der Waals surface area (Å²) in [6.45, 7) is 5.13. The molecule has 3 fully saturated rings. The van der Waals surface area contributed by atoms with Crippen LogP contribution in [0.15, 0.2) is 12.1 Å². The van der Waals surface area contributed by atoms with Crippen LogP contribution in [0.3, 0.4) is 0 Å². The summed E-state index contributed by atoms with van der Waals surface area (Å²) in [5.74, 6) is 1.60. The third-order valence-corrected chi connectivity index (χ3v) is 7.22. The number of ether oxygens (including phenoxy) is 2. The van der Waals surface area contributed by atoms with Gasteiger partial charge in [-0.3, -0.25) is 9.69 Å². The van der Waals surface area contributed by atoms with E-state index >= 15 is 0 Å². The number of nitrogens with zero attached hydrogens (tertiary/aromatic N) is 2. The van der Waals surface area contributed by atoms with Gasteiger partial charge in [-0.1, -0.05) is 19.8 Å². The highest BCUT2D eigenvalue weighted by Gasteiger charge is 2.47. The van der Waals surface area contributed by atoms with Crippen LogP contribution in [0.1, 0.15) is 55.8 Å². The summed E-state index contributed by atoms with van der Waals surface area (Å²) in [4.78, 5) is 18.3. The zero-order valence-electron chi connectivity index (χ0n) is 17.9. The van der Waals surface area contributed by atoms with Crippen molar-refractivity contribution in [2.75, 3.05) is 33.9 Å². The summed E-state index contributed by atoms with van der Waals surface area (Å²) in [6, 6.07) is 4.47. The lowest BCUT2D eigenvalue weighted by molar-refractivity contribution is -0.0670. The SMILES string of the molecule is CCC[C@H]1[C@H]2C[C@H](CN(C(=O)c3cc(OC)c(O)c(OC)c3)C2)[C@@H]2CCCCN21. The molecule has 6 nitrogen and oxygen atoms in total. The fourth-order valence-corrected chi connectivity index (χ4v) is 5.97. The molecule has 29 heavy (non-hydrogen) atoms. The van der Waals surface area contributed by atoms with E-state index in [-0.39, 0.29) is 23.2 Å². The van der Waals surface area contributed by atoms with Gasteiger partial charge in [0.1, 0.15) is 0 Å². The first-order valence-corrected chi connectivity index (χ1v) is 11.1. The Bertz CT molecular complexity index is 727. The maximum Gasteiger partial charge on any atom is 0.254 e. The molecule has 4 atom stereocenters. The van der Waals surface area contributed by atoms with Crippen molar-refractivity contribution >= 4 is 5.91 Å². The zero-order valence-corrected chi connectivity index (χ0v) is 17.9. The van der Waals surface area contributed by atoms with Crippen LogP contribution in [-0.2, 0) is 0 Å². The monoisotopic (exact) mass is 402 g/mol. The van der Waals surface area contributed by atoms with Crippen molar-refractivity contribution in [3.8, 4) is 17.2 Å². The molecule has 4 rings (SSSR count). The van der Waals surface area contributed by atoms with E-state index in [0.717, 1.165) is 13.1 Å². The minimum absolute atomic E-state index is 0.0100. The Kier molecular flexibility index (Phi) is 5.91. The van der Waals surface area contributed by atoms with E-state index in [1.807, 2.05) is 4.90 Å². The molecule has 6 heteroatoms. The predicted octanol–water partition coefficient (Wildman–Crippen LogP) is 3.52. The zero-order chi connectivity index (χ0) is 20.5. The number of hydrogen-bond donors (Lipinski definition) is 1. The van der Waals surface area contributed by atoms with Crippen LogP contribution in [0.2, 0.25) is 0 Å². The summed E-state index contributed by atoms with van der Waals surface area (Å²) in [5.41, 5.74) is 0.518. The van der Waals surface area contributed by atoms with E-state index in [9.17, 15) is 9.90 Å². The third-order valence-electron chi connectivity index (χ3n) is 7.22. The summed E-state index contributed by atoms with van der Waals surface area (Å²) in [5, 5.41) is 10.2. The van der Waals surface area contributed by atoms with Gasteiger partial charge >= 0.3 is 0 Å². The molecule has 0 aromatic heterocycles. The molecule has 1 aromatic carbocycles. The van der Waals surface area contributed by atoms with Crippen molar-refractivity contribution in [1.29, 1.82) is 0 Å². The fourth-order valence-electron chi connectivity index (χ4n) is 5.97. The van der Waals surface area contributed by atoms with Crippen molar-refractivity contribution in [2.45, 2.75) is 57.5 Å². The molecule has 0 spiro atoms. The van der Waals surface area contributed by atoms with Gasteiger partial charge in [-0.15, -0.1) is 0 Å². The highest BCUT2D eigenvalue weighted by Crippen LogP contribution is 2.43. The Morgan fingerprint density at radius 3 is 2.48 bits per heavy atom. The van der Waals surface area contributed by atoms with E-state index in [1.165, 1.54) is 59.3 Å². The molecule has 1 amide bonds. The molecule has 3 aliphatic heterocycles. The number of aromatic hydroxyl groups is 1. The van der Waals surface area contributed by atoms with E-state index in [4.69, 9.17) is 9.47 Å². The average Bonchev–Trinajstić information content (AvgIpc) is 2.76. The van der Waals surface area contributed by atoms with Crippen molar-refractivity contribution in [3.63, 3.8) is 0 Å². The maximum absolute atomic E-state index is 13.4. The molecule has 0 saturated carbocycles. The van der Waals surface area contributed by atoms with Crippen LogP contribution >= 0.6 is 0 Å². The van der Waals surface area contributed by atoms with Gasteiger partial charge in [0, 0.05) is 30.7 Å². The highest BCUT2D eigenvalue weighted by atomic mass is 16.5. The van der Waals surface area contributed by atoms with E-state index in [2.05, 4.69) is 11.8 Å². The molecule has 3 aliphatic rings. The molecule has 2 bridgehead atoms. The first-order chi connectivity index (χ1) is 14.1. The lowest BCUT2D eigenvalue weighted by Gasteiger charge is -2.57. The maximum atomic E-state index is 13.4. The summed E-state index contributed by atoms with van der Waals surface area (Å²) < 4.78 is 10.5. The van der Waals surface area contributed by atoms with Gasteiger partial charge in [0.05, 0.1) is 14.2 Å². The first kappa shape index (κ1) is 20.3. The molecule has 0 aliphatic carbocycles. The number of piperidine rings is 3. The number of hydrogen-bond acceptors (Lipinski definition) is 5. The lowest BCUT2D eigenvalue weighted by atomic mass is 9.71. The van der Waals surface area contributed by atoms with Crippen molar-refractivity contribution < 1.29 is 19.4 Å². The summed E-state index contributed by atoms with van der Waals surface area (Å²) in [6.07, 6.45) is 7.54. The second-order valence-corrected chi connectivity index (χ2v) is 8.85. The third kappa shape index (κ3) is 3.67. The number of fused-ring (bicyclic) bond motifs is 4. The minimum Gasteiger partial charge on any atom is -0.502 e. The minimum atomic E-state index is -0.0667. The highest BCUT2D eigenvalue weighted by molar-refractivity contribution is 5.95. The van der Waals surface area contributed by atoms with Crippen LogP contribution < -0.4 is 9.47 Å². The van der Waals surface area contributed by atoms with Gasteiger partial charge in [0.2, 0.25) is 5.75 Å². The quantitative estimate of drug-likeness (QED) is 0.816. The van der Waals surface area contributed by atoms with Crippen LogP contribution in [0.25, 0.3) is 0 Å². The van der Waals surface area contributed by atoms with Gasteiger partial charge in [-0.2, -0.15) is 0 Å². The van der Waals surface area contributed by atoms with Gasteiger partial charge in [-0.25, -0.2) is 0 Å². The molecule has 0 radical (unpaired) electrons. The van der Waals surface area contributed by atoms with Gasteiger partial charge in [0.25, 0.3) is 5.91 Å². The topological polar surface area (TPSA) is 62.2 Å². The Hall–Kier alpha value is -1.95. The van der Waals surface area contributed by atoms with Gasteiger partial charge in [0.15, 0.2) is 11.5 Å². The van der Waals surface area contributed by atoms with Crippen molar-refractivity contribution in [2.24, 2.45) is 11.8 Å². The van der Waals surface area contributed by atoms with E-state index in [1.54, 1.807) is 12.1 Å². The second kappa shape index (κ2) is 8.42. The van der Waals surface area contributed by atoms with Crippen LogP contribution in [0.5, 0.6) is 17.2 Å². The number of carbonyl (C=O) groups excluding carboxylic acids is 1. The van der Waals surface area contributed by atoms with E-state index in [0.29, 0.717) is 29.5 Å². The number of phenols is 1. The van der Waals surface area contributed by atoms with Crippen molar-refractivity contribution in [1.82, 2.24) is 9.80 Å². The van der Waals surface area contributed by atoms with Gasteiger partial charge < -0.3 is 19.5 Å². The largest absolute Gasteiger partial charge is 0.502 e. The van der Waals surface area contributed by atoms with Gasteiger partial charge in [-0.05, 0) is 56.2 Å². The number of benzene rings is 1. The summed E-state index contributed by atoms with van der Waals surface area (Å²) in [7, 11) is 2.97. The standard InChI is InChI=1S/C23H34N2O4/c1-4-7-18-16-10-17(19-8-5-6-9-25(18)19)14-24(13-16)23(27)15-11-20(28-2)22(26)21(12-15)29-3/h11-12,16-19,26H,4-10,13-14H2,1-3H3/t16-,17+,18-,19-/m0/s1. The fraction of sp³-hybridized carbons (Fsp3) is 0.696. The Morgan fingerprint density at radius 1 is 1.14 bits per heavy atom. The molecule has 1 N–H and O–H groups in total. The normalized spacial score (nSPS) is 29.3.